The molecule has 0 radical (unpaired) electrons. The van der Waals surface area contributed by atoms with E-state index in [1.54, 1.807) is 6.07 Å². The SMILES string of the molecule is C[C@H]1CCCN([C@@H](CN)c2cc(Cl)cc(Cl)c2)C1. The molecule has 1 heterocycles. The number of nitrogens with two attached hydrogens (primary N) is 1. The van der Waals surface area contributed by atoms with Crippen LogP contribution in [0.4, 0.5) is 0 Å². The average Bonchev–Trinajstić information content (AvgIpc) is 2.28. The zero-order valence-corrected chi connectivity index (χ0v) is 12.2. The first kappa shape index (κ1) is 14.1. The molecule has 1 saturated heterocycles. The van der Waals surface area contributed by atoms with Crippen LogP contribution in [0.25, 0.3) is 0 Å². The first-order valence-electron chi connectivity index (χ1n) is 6.50. The molecule has 2 rings (SSSR count). The highest BCUT2D eigenvalue weighted by molar-refractivity contribution is 6.34. The summed E-state index contributed by atoms with van der Waals surface area (Å²) in [6, 6.07) is 5.94. The molecule has 100 valence electrons. The Morgan fingerprint density at radius 3 is 2.56 bits per heavy atom. The molecule has 0 aliphatic carbocycles. The second-order valence-electron chi connectivity index (χ2n) is 5.20. The Morgan fingerprint density at radius 2 is 2.00 bits per heavy atom. The average molecular weight is 287 g/mol. The molecule has 2 N–H and O–H groups in total. The van der Waals surface area contributed by atoms with Crippen LogP contribution in [-0.4, -0.2) is 24.5 Å². The molecule has 4 heteroatoms. The number of halogens is 2. The molecule has 1 aliphatic heterocycles. The Labute approximate surface area is 119 Å². The maximum absolute atomic E-state index is 6.07. The highest BCUT2D eigenvalue weighted by Crippen LogP contribution is 2.29. The number of rotatable bonds is 3. The summed E-state index contributed by atoms with van der Waals surface area (Å²) in [5, 5.41) is 1.36. The number of likely N-dealkylation sites (tertiary alicyclic amines) is 1. The van der Waals surface area contributed by atoms with Crippen LogP contribution in [0.15, 0.2) is 18.2 Å². The summed E-state index contributed by atoms with van der Waals surface area (Å²) in [6.07, 6.45) is 2.55. The molecule has 1 aromatic carbocycles. The van der Waals surface area contributed by atoms with Crippen molar-refractivity contribution in [1.29, 1.82) is 0 Å². The van der Waals surface area contributed by atoms with Gasteiger partial charge in [-0.2, -0.15) is 0 Å². The van der Waals surface area contributed by atoms with Gasteiger partial charge in [-0.25, -0.2) is 0 Å². The molecule has 0 unspecified atom stereocenters. The number of piperidine rings is 1. The quantitative estimate of drug-likeness (QED) is 0.918. The van der Waals surface area contributed by atoms with Crippen molar-refractivity contribution < 1.29 is 0 Å². The zero-order valence-electron chi connectivity index (χ0n) is 10.7. The van der Waals surface area contributed by atoms with Crippen molar-refractivity contribution in [3.63, 3.8) is 0 Å². The fourth-order valence-electron chi connectivity index (χ4n) is 2.77. The van der Waals surface area contributed by atoms with Gasteiger partial charge < -0.3 is 5.73 Å². The largest absolute Gasteiger partial charge is 0.329 e. The Kier molecular flexibility index (Phi) is 4.91. The van der Waals surface area contributed by atoms with Gasteiger partial charge in [-0.15, -0.1) is 0 Å². The van der Waals surface area contributed by atoms with Gasteiger partial charge in [0, 0.05) is 29.2 Å². The van der Waals surface area contributed by atoms with Crippen molar-refractivity contribution in [2.24, 2.45) is 11.7 Å². The number of nitrogens with zero attached hydrogens (tertiary/aromatic N) is 1. The van der Waals surface area contributed by atoms with Gasteiger partial charge in [0.2, 0.25) is 0 Å². The minimum absolute atomic E-state index is 0.226. The fourth-order valence-corrected chi connectivity index (χ4v) is 3.32. The van der Waals surface area contributed by atoms with Gasteiger partial charge >= 0.3 is 0 Å². The second-order valence-corrected chi connectivity index (χ2v) is 6.07. The van der Waals surface area contributed by atoms with E-state index in [-0.39, 0.29) is 6.04 Å². The normalized spacial score (nSPS) is 23.0. The molecule has 1 fully saturated rings. The topological polar surface area (TPSA) is 29.3 Å². The summed E-state index contributed by atoms with van der Waals surface area (Å²) in [5.41, 5.74) is 7.08. The molecule has 0 bridgehead atoms. The Bertz CT molecular complexity index is 389. The van der Waals surface area contributed by atoms with E-state index in [1.807, 2.05) is 12.1 Å². The van der Waals surface area contributed by atoms with Gasteiger partial charge in [0.1, 0.15) is 0 Å². The van der Waals surface area contributed by atoms with Crippen LogP contribution in [0.2, 0.25) is 10.0 Å². The molecular weight excluding hydrogens is 267 g/mol. The fraction of sp³-hybridized carbons (Fsp3) is 0.571. The minimum atomic E-state index is 0.226. The standard InChI is InChI=1S/C14H20Cl2N2/c1-10-3-2-4-18(9-10)14(8-17)11-5-12(15)7-13(16)6-11/h5-7,10,14H,2-4,8-9,17H2,1H3/t10-,14-/m0/s1. The maximum Gasteiger partial charge on any atom is 0.0471 e. The summed E-state index contributed by atoms with van der Waals surface area (Å²) in [4.78, 5) is 2.45. The van der Waals surface area contributed by atoms with E-state index in [9.17, 15) is 0 Å². The van der Waals surface area contributed by atoms with Gasteiger partial charge in [0.05, 0.1) is 0 Å². The van der Waals surface area contributed by atoms with Crippen LogP contribution < -0.4 is 5.73 Å². The highest BCUT2D eigenvalue weighted by Gasteiger charge is 2.24. The predicted molar refractivity (Wildman–Crippen MR) is 78.2 cm³/mol. The van der Waals surface area contributed by atoms with Crippen molar-refractivity contribution in [3.05, 3.63) is 33.8 Å². The lowest BCUT2D eigenvalue weighted by Gasteiger charge is -2.37. The lowest BCUT2D eigenvalue weighted by Crippen LogP contribution is -2.40. The van der Waals surface area contributed by atoms with Crippen molar-refractivity contribution in [2.75, 3.05) is 19.6 Å². The Morgan fingerprint density at radius 1 is 1.33 bits per heavy atom. The first-order chi connectivity index (χ1) is 8.60. The summed E-state index contributed by atoms with van der Waals surface area (Å²) in [5.74, 6) is 0.738. The summed E-state index contributed by atoms with van der Waals surface area (Å²) < 4.78 is 0. The Balaban J connectivity index is 2.21. The van der Waals surface area contributed by atoms with Crippen molar-refractivity contribution in [2.45, 2.75) is 25.8 Å². The van der Waals surface area contributed by atoms with Crippen LogP contribution >= 0.6 is 23.2 Å². The van der Waals surface area contributed by atoms with E-state index in [4.69, 9.17) is 28.9 Å². The number of benzene rings is 1. The molecule has 2 atom stereocenters. The Hall–Kier alpha value is -0.280. The van der Waals surface area contributed by atoms with E-state index in [1.165, 1.54) is 12.8 Å². The lowest BCUT2D eigenvalue weighted by molar-refractivity contribution is 0.133. The van der Waals surface area contributed by atoms with Crippen LogP contribution in [0.1, 0.15) is 31.4 Å². The van der Waals surface area contributed by atoms with Crippen molar-refractivity contribution in [1.82, 2.24) is 4.90 Å². The number of hydrogen-bond acceptors (Lipinski definition) is 2. The summed E-state index contributed by atoms with van der Waals surface area (Å²) in [7, 11) is 0. The van der Waals surface area contributed by atoms with Crippen molar-refractivity contribution in [3.8, 4) is 0 Å². The van der Waals surface area contributed by atoms with E-state index in [0.29, 0.717) is 16.6 Å². The molecule has 0 saturated carbocycles. The molecule has 0 amide bonds. The third-order valence-electron chi connectivity index (χ3n) is 3.62. The molecule has 0 aromatic heterocycles. The summed E-state index contributed by atoms with van der Waals surface area (Å²) in [6.45, 7) is 5.11. The monoisotopic (exact) mass is 286 g/mol. The summed E-state index contributed by atoms with van der Waals surface area (Å²) >= 11 is 12.1. The van der Waals surface area contributed by atoms with Gasteiger partial charge in [0.15, 0.2) is 0 Å². The maximum atomic E-state index is 6.07. The van der Waals surface area contributed by atoms with Crippen molar-refractivity contribution >= 4 is 23.2 Å². The first-order valence-corrected chi connectivity index (χ1v) is 7.26. The molecular formula is C14H20Cl2N2. The third kappa shape index (κ3) is 3.39. The molecule has 2 nitrogen and oxygen atoms in total. The predicted octanol–water partition coefficient (Wildman–Crippen LogP) is 3.73. The van der Waals surface area contributed by atoms with Gasteiger partial charge in [-0.3, -0.25) is 4.90 Å². The van der Waals surface area contributed by atoms with Gasteiger partial charge in [-0.05, 0) is 49.1 Å². The van der Waals surface area contributed by atoms with E-state index in [2.05, 4.69) is 11.8 Å². The lowest BCUT2D eigenvalue weighted by atomic mass is 9.96. The van der Waals surface area contributed by atoms with Crippen LogP contribution in [0.5, 0.6) is 0 Å². The molecule has 18 heavy (non-hydrogen) atoms. The zero-order chi connectivity index (χ0) is 13.1. The molecule has 1 aromatic rings. The minimum Gasteiger partial charge on any atom is -0.329 e. The molecule has 1 aliphatic rings. The number of hydrogen-bond donors (Lipinski definition) is 1. The third-order valence-corrected chi connectivity index (χ3v) is 4.06. The molecule has 0 spiro atoms. The van der Waals surface area contributed by atoms with Gasteiger partial charge in [0.25, 0.3) is 0 Å². The van der Waals surface area contributed by atoms with E-state index < -0.39 is 0 Å². The van der Waals surface area contributed by atoms with Crippen LogP contribution in [0.3, 0.4) is 0 Å². The van der Waals surface area contributed by atoms with E-state index in [0.717, 1.165) is 24.6 Å². The smallest absolute Gasteiger partial charge is 0.0471 e. The van der Waals surface area contributed by atoms with Crippen LogP contribution in [-0.2, 0) is 0 Å². The van der Waals surface area contributed by atoms with Crippen LogP contribution in [0, 0.1) is 5.92 Å². The highest BCUT2D eigenvalue weighted by atomic mass is 35.5. The van der Waals surface area contributed by atoms with E-state index >= 15 is 0 Å². The second kappa shape index (κ2) is 6.25. The van der Waals surface area contributed by atoms with Gasteiger partial charge in [-0.1, -0.05) is 30.1 Å².